The minimum absolute atomic E-state index is 0.140. The van der Waals surface area contributed by atoms with Crippen LogP contribution in [0.1, 0.15) is 5.56 Å². The summed E-state index contributed by atoms with van der Waals surface area (Å²) in [5.74, 6) is -0.855. The number of nitro groups is 1. The van der Waals surface area contributed by atoms with E-state index in [-0.39, 0.29) is 10.7 Å². The highest BCUT2D eigenvalue weighted by Crippen LogP contribution is 2.36. The summed E-state index contributed by atoms with van der Waals surface area (Å²) in [6.07, 6.45) is 0. The van der Waals surface area contributed by atoms with E-state index >= 15 is 0 Å². The van der Waals surface area contributed by atoms with Gasteiger partial charge in [0.1, 0.15) is 11.5 Å². The second kappa shape index (κ2) is 5.77. The van der Waals surface area contributed by atoms with Crippen LogP contribution in [0.5, 0.6) is 0 Å². The zero-order valence-corrected chi connectivity index (χ0v) is 11.6. The number of nitrogens with zero attached hydrogens (tertiary/aromatic N) is 3. The van der Waals surface area contributed by atoms with Gasteiger partial charge in [0.15, 0.2) is 0 Å². The van der Waals surface area contributed by atoms with Crippen LogP contribution < -0.4 is 4.90 Å². The molecular formula is C14H9ClFN3O2. The molecule has 0 fully saturated rings. The van der Waals surface area contributed by atoms with Crippen molar-refractivity contribution in [1.82, 2.24) is 0 Å². The Hall–Kier alpha value is -2.65. The Balaban J connectivity index is 2.57. The average molecular weight is 306 g/mol. The molecule has 0 saturated heterocycles. The van der Waals surface area contributed by atoms with Crippen molar-refractivity contribution in [3.63, 3.8) is 0 Å². The Kier molecular flexibility index (Phi) is 4.05. The topological polar surface area (TPSA) is 70.2 Å². The number of benzene rings is 2. The number of hydrogen-bond donors (Lipinski definition) is 0. The van der Waals surface area contributed by atoms with Crippen LogP contribution in [0.15, 0.2) is 36.4 Å². The Labute approximate surface area is 124 Å². The lowest BCUT2D eigenvalue weighted by atomic mass is 10.2. The van der Waals surface area contributed by atoms with Crippen LogP contribution >= 0.6 is 11.6 Å². The molecule has 106 valence electrons. The highest BCUT2D eigenvalue weighted by Gasteiger charge is 2.21. The molecule has 0 aliphatic rings. The summed E-state index contributed by atoms with van der Waals surface area (Å²) in [6, 6.07) is 10.5. The molecule has 0 N–H and O–H groups in total. The molecule has 0 aliphatic heterocycles. The molecule has 0 unspecified atom stereocenters. The number of nitriles is 1. The first-order chi connectivity index (χ1) is 9.93. The maximum absolute atomic E-state index is 13.4. The van der Waals surface area contributed by atoms with Crippen molar-refractivity contribution in [1.29, 1.82) is 5.26 Å². The van der Waals surface area contributed by atoms with Crippen molar-refractivity contribution in [2.24, 2.45) is 0 Å². The quantitative estimate of drug-likeness (QED) is 0.634. The highest BCUT2D eigenvalue weighted by molar-refractivity contribution is 6.31. The third kappa shape index (κ3) is 2.93. The summed E-state index contributed by atoms with van der Waals surface area (Å²) in [6.45, 7) is 0. The Morgan fingerprint density at radius 2 is 2.10 bits per heavy atom. The van der Waals surface area contributed by atoms with Crippen molar-refractivity contribution in [2.75, 3.05) is 11.9 Å². The first kappa shape index (κ1) is 14.8. The predicted octanol–water partition coefficient (Wildman–Crippen LogP) is 4.03. The lowest BCUT2D eigenvalue weighted by molar-refractivity contribution is -0.384. The van der Waals surface area contributed by atoms with Crippen molar-refractivity contribution in [2.45, 2.75) is 0 Å². The summed E-state index contributed by atoms with van der Waals surface area (Å²) in [4.78, 5) is 11.9. The molecule has 7 heteroatoms. The molecule has 2 aromatic carbocycles. The van der Waals surface area contributed by atoms with Crippen LogP contribution in [0.4, 0.5) is 21.5 Å². The zero-order valence-electron chi connectivity index (χ0n) is 10.9. The molecule has 0 atom stereocenters. The van der Waals surface area contributed by atoms with E-state index in [1.54, 1.807) is 31.3 Å². The fraction of sp³-hybridized carbons (Fsp3) is 0.0714. The fourth-order valence-corrected chi connectivity index (χ4v) is 2.02. The van der Waals surface area contributed by atoms with Crippen molar-refractivity contribution >= 4 is 28.7 Å². The van der Waals surface area contributed by atoms with Gasteiger partial charge in [0.25, 0.3) is 5.69 Å². The highest BCUT2D eigenvalue weighted by atomic mass is 35.5. The Morgan fingerprint density at radius 1 is 1.38 bits per heavy atom. The van der Waals surface area contributed by atoms with Gasteiger partial charge in [-0.25, -0.2) is 4.39 Å². The average Bonchev–Trinajstić information content (AvgIpc) is 2.48. The maximum Gasteiger partial charge on any atom is 0.295 e. The van der Waals surface area contributed by atoms with E-state index in [4.69, 9.17) is 16.9 Å². The van der Waals surface area contributed by atoms with E-state index in [1.807, 2.05) is 6.07 Å². The molecular weight excluding hydrogens is 297 g/mol. The van der Waals surface area contributed by atoms with Gasteiger partial charge in [-0.15, -0.1) is 0 Å². The lowest BCUT2D eigenvalue weighted by Crippen LogP contribution is -2.12. The number of anilines is 2. The monoisotopic (exact) mass is 305 g/mol. The summed E-state index contributed by atoms with van der Waals surface area (Å²) >= 11 is 5.70. The summed E-state index contributed by atoms with van der Waals surface area (Å²) in [7, 11) is 1.58. The SMILES string of the molecule is CN(c1cccc(C#N)c1)c1cc(Cl)c(F)cc1[N+](=O)[O-]. The molecule has 0 heterocycles. The van der Waals surface area contributed by atoms with Gasteiger partial charge >= 0.3 is 0 Å². The van der Waals surface area contributed by atoms with Crippen molar-refractivity contribution in [3.8, 4) is 6.07 Å². The number of nitro benzene ring substituents is 1. The van der Waals surface area contributed by atoms with E-state index in [2.05, 4.69) is 0 Å². The Bertz CT molecular complexity index is 758. The second-order valence-electron chi connectivity index (χ2n) is 4.23. The van der Waals surface area contributed by atoms with E-state index in [0.29, 0.717) is 11.3 Å². The molecule has 0 radical (unpaired) electrons. The lowest BCUT2D eigenvalue weighted by Gasteiger charge is -2.19. The first-order valence-corrected chi connectivity index (χ1v) is 6.19. The molecule has 0 bridgehead atoms. The molecule has 0 aromatic heterocycles. The van der Waals surface area contributed by atoms with Gasteiger partial charge in [0.2, 0.25) is 0 Å². The van der Waals surface area contributed by atoms with Gasteiger partial charge in [-0.2, -0.15) is 5.26 Å². The summed E-state index contributed by atoms with van der Waals surface area (Å²) in [5, 5.41) is 19.7. The van der Waals surface area contributed by atoms with Crippen LogP contribution in [0.25, 0.3) is 0 Å². The van der Waals surface area contributed by atoms with Gasteiger partial charge in [-0.05, 0) is 24.3 Å². The number of halogens is 2. The van der Waals surface area contributed by atoms with E-state index in [0.717, 1.165) is 6.07 Å². The normalized spacial score (nSPS) is 10.0. The predicted molar refractivity (Wildman–Crippen MR) is 77.3 cm³/mol. The maximum atomic E-state index is 13.4. The second-order valence-corrected chi connectivity index (χ2v) is 4.64. The van der Waals surface area contributed by atoms with Crippen LogP contribution in [0, 0.1) is 27.3 Å². The molecule has 0 spiro atoms. The molecule has 2 rings (SSSR count). The van der Waals surface area contributed by atoms with Crippen LogP contribution in [-0.2, 0) is 0 Å². The third-order valence-corrected chi connectivity index (χ3v) is 3.23. The molecule has 5 nitrogen and oxygen atoms in total. The van der Waals surface area contributed by atoms with Gasteiger partial charge in [-0.3, -0.25) is 10.1 Å². The van der Waals surface area contributed by atoms with Gasteiger partial charge < -0.3 is 4.90 Å². The van der Waals surface area contributed by atoms with Crippen molar-refractivity contribution in [3.05, 3.63) is 62.9 Å². The zero-order chi connectivity index (χ0) is 15.6. The standard InChI is InChI=1S/C14H9ClFN3O2/c1-18(10-4-2-3-9(5-10)8-17)13-6-11(15)12(16)7-14(13)19(20)21/h2-7H,1H3. The number of rotatable bonds is 3. The molecule has 0 aliphatic carbocycles. The third-order valence-electron chi connectivity index (χ3n) is 2.94. The molecule has 21 heavy (non-hydrogen) atoms. The molecule has 0 amide bonds. The minimum atomic E-state index is -0.855. The van der Waals surface area contributed by atoms with Crippen LogP contribution in [0.3, 0.4) is 0 Å². The van der Waals surface area contributed by atoms with E-state index < -0.39 is 16.4 Å². The largest absolute Gasteiger partial charge is 0.339 e. The van der Waals surface area contributed by atoms with Gasteiger partial charge in [0.05, 0.1) is 27.6 Å². The fourth-order valence-electron chi connectivity index (χ4n) is 1.86. The van der Waals surface area contributed by atoms with Gasteiger partial charge in [-0.1, -0.05) is 17.7 Å². The molecule has 0 saturated carbocycles. The van der Waals surface area contributed by atoms with E-state index in [1.165, 1.54) is 11.0 Å². The van der Waals surface area contributed by atoms with Gasteiger partial charge in [0, 0.05) is 12.7 Å². The summed E-state index contributed by atoms with van der Waals surface area (Å²) in [5.41, 5.74) is 0.707. The van der Waals surface area contributed by atoms with Crippen molar-refractivity contribution < 1.29 is 9.31 Å². The molecule has 2 aromatic rings. The smallest absolute Gasteiger partial charge is 0.295 e. The number of hydrogen-bond acceptors (Lipinski definition) is 4. The Morgan fingerprint density at radius 3 is 2.71 bits per heavy atom. The minimum Gasteiger partial charge on any atom is -0.339 e. The van der Waals surface area contributed by atoms with Crippen LogP contribution in [0.2, 0.25) is 5.02 Å². The van der Waals surface area contributed by atoms with E-state index in [9.17, 15) is 14.5 Å². The summed E-state index contributed by atoms with van der Waals surface area (Å²) < 4.78 is 13.4. The van der Waals surface area contributed by atoms with Crippen LogP contribution in [-0.4, -0.2) is 12.0 Å². The first-order valence-electron chi connectivity index (χ1n) is 5.81.